The molecule has 1 heterocycles. The Bertz CT molecular complexity index is 999. The molecule has 0 radical (unpaired) electrons. The van der Waals surface area contributed by atoms with Crippen LogP contribution in [0.2, 0.25) is 10.0 Å². The van der Waals surface area contributed by atoms with Crippen molar-refractivity contribution in [3.05, 3.63) is 63.6 Å². The van der Waals surface area contributed by atoms with E-state index in [-0.39, 0.29) is 11.7 Å². The maximum atomic E-state index is 13.2. The van der Waals surface area contributed by atoms with E-state index in [0.29, 0.717) is 40.3 Å². The van der Waals surface area contributed by atoms with Crippen LogP contribution >= 0.6 is 23.2 Å². The number of amides is 1. The van der Waals surface area contributed by atoms with Crippen LogP contribution in [0, 0.1) is 11.7 Å². The van der Waals surface area contributed by atoms with Crippen LogP contribution < -0.4 is 5.32 Å². The maximum Gasteiger partial charge on any atom is 0.242 e. The first-order chi connectivity index (χ1) is 13.3. The fourth-order valence-electron chi connectivity index (χ4n) is 3.05. The average Bonchev–Trinajstić information content (AvgIpc) is 2.98. The minimum atomic E-state index is -0.489. The topological polar surface area (TPSA) is 46.9 Å². The quantitative estimate of drug-likeness (QED) is 0.578. The number of rotatable bonds is 6. The van der Waals surface area contributed by atoms with Gasteiger partial charge in [0, 0.05) is 13.0 Å². The van der Waals surface area contributed by atoms with E-state index in [1.54, 1.807) is 24.3 Å². The molecule has 3 aromatic rings. The molecule has 148 valence electrons. The van der Waals surface area contributed by atoms with E-state index in [9.17, 15) is 9.18 Å². The minimum absolute atomic E-state index is 0.0978. The van der Waals surface area contributed by atoms with E-state index in [2.05, 4.69) is 10.3 Å². The number of fused-ring (bicyclic) bond motifs is 1. The Kier molecular flexibility index (Phi) is 6.26. The molecule has 1 atom stereocenters. The number of carbonyl (C=O) groups is 1. The van der Waals surface area contributed by atoms with Gasteiger partial charge in [-0.25, -0.2) is 9.37 Å². The maximum absolute atomic E-state index is 13.2. The van der Waals surface area contributed by atoms with Gasteiger partial charge in [0.05, 0.1) is 21.1 Å². The highest BCUT2D eigenvalue weighted by molar-refractivity contribution is 6.42. The number of benzene rings is 2. The molecule has 2 aromatic carbocycles. The summed E-state index contributed by atoms with van der Waals surface area (Å²) < 4.78 is 15.1. The van der Waals surface area contributed by atoms with Gasteiger partial charge in [0.15, 0.2) is 0 Å². The summed E-state index contributed by atoms with van der Waals surface area (Å²) in [6, 6.07) is 9.18. The van der Waals surface area contributed by atoms with E-state index in [0.717, 1.165) is 11.1 Å². The molecule has 0 fully saturated rings. The summed E-state index contributed by atoms with van der Waals surface area (Å²) in [6.45, 7) is 6.50. The zero-order chi connectivity index (χ0) is 20.4. The molecular weight excluding hydrogens is 400 g/mol. The van der Waals surface area contributed by atoms with Crippen LogP contribution in [0.25, 0.3) is 11.0 Å². The predicted octanol–water partition coefficient (Wildman–Crippen LogP) is 5.41. The van der Waals surface area contributed by atoms with Gasteiger partial charge in [0.25, 0.3) is 0 Å². The van der Waals surface area contributed by atoms with E-state index < -0.39 is 6.04 Å². The first-order valence-corrected chi connectivity index (χ1v) is 9.90. The molecule has 4 nitrogen and oxygen atoms in total. The molecule has 0 saturated carbocycles. The van der Waals surface area contributed by atoms with Gasteiger partial charge in [-0.2, -0.15) is 0 Å². The lowest BCUT2D eigenvalue weighted by molar-refractivity contribution is -0.124. The SMILES string of the molecule is CC(C)CNC(=O)[C@H](C)n1c(Cc2ccc(F)cc2)nc2cc(Cl)c(Cl)cc21. The number of hydrogen-bond acceptors (Lipinski definition) is 2. The second-order valence-corrected chi connectivity index (χ2v) is 8.09. The van der Waals surface area contributed by atoms with Crippen molar-refractivity contribution in [1.82, 2.24) is 14.9 Å². The van der Waals surface area contributed by atoms with E-state index in [1.165, 1.54) is 12.1 Å². The monoisotopic (exact) mass is 421 g/mol. The van der Waals surface area contributed by atoms with Crippen molar-refractivity contribution >= 4 is 40.1 Å². The average molecular weight is 422 g/mol. The van der Waals surface area contributed by atoms with E-state index in [4.69, 9.17) is 23.2 Å². The highest BCUT2D eigenvalue weighted by atomic mass is 35.5. The second-order valence-electron chi connectivity index (χ2n) is 7.27. The van der Waals surface area contributed by atoms with Gasteiger partial charge >= 0.3 is 0 Å². The highest BCUT2D eigenvalue weighted by Crippen LogP contribution is 2.31. The summed E-state index contributed by atoms with van der Waals surface area (Å²) >= 11 is 12.4. The Balaban J connectivity index is 2.04. The number of hydrogen-bond donors (Lipinski definition) is 1. The second kappa shape index (κ2) is 8.50. The summed E-state index contributed by atoms with van der Waals surface area (Å²) in [5.41, 5.74) is 2.29. The van der Waals surface area contributed by atoms with Crippen LogP contribution in [-0.4, -0.2) is 22.0 Å². The molecule has 1 amide bonds. The fraction of sp³-hybridized carbons (Fsp3) is 0.333. The van der Waals surface area contributed by atoms with E-state index in [1.807, 2.05) is 25.3 Å². The smallest absolute Gasteiger partial charge is 0.242 e. The summed E-state index contributed by atoms with van der Waals surface area (Å²) in [6.07, 6.45) is 0.450. The zero-order valence-electron chi connectivity index (χ0n) is 16.0. The predicted molar refractivity (Wildman–Crippen MR) is 112 cm³/mol. The Morgan fingerprint density at radius 2 is 1.79 bits per heavy atom. The number of nitrogens with one attached hydrogen (secondary N) is 1. The molecule has 0 aliphatic heterocycles. The first-order valence-electron chi connectivity index (χ1n) is 9.14. The van der Waals surface area contributed by atoms with Crippen LogP contribution in [0.3, 0.4) is 0 Å². The molecule has 3 rings (SSSR count). The molecule has 0 spiro atoms. The van der Waals surface area contributed by atoms with Gasteiger partial charge in [0.1, 0.15) is 17.7 Å². The summed E-state index contributed by atoms with van der Waals surface area (Å²) in [4.78, 5) is 17.4. The largest absolute Gasteiger partial charge is 0.354 e. The lowest BCUT2D eigenvalue weighted by Gasteiger charge is -2.18. The van der Waals surface area contributed by atoms with Crippen molar-refractivity contribution < 1.29 is 9.18 Å². The lowest BCUT2D eigenvalue weighted by Crippen LogP contribution is -2.34. The van der Waals surface area contributed by atoms with Gasteiger partial charge in [-0.3, -0.25) is 4.79 Å². The van der Waals surface area contributed by atoms with Crippen LogP contribution in [0.4, 0.5) is 4.39 Å². The van der Waals surface area contributed by atoms with Crippen LogP contribution in [-0.2, 0) is 11.2 Å². The van der Waals surface area contributed by atoms with Crippen LogP contribution in [0.5, 0.6) is 0 Å². The number of imidazole rings is 1. The van der Waals surface area contributed by atoms with Crippen LogP contribution in [0.15, 0.2) is 36.4 Å². The van der Waals surface area contributed by atoms with Crippen molar-refractivity contribution in [2.24, 2.45) is 5.92 Å². The van der Waals surface area contributed by atoms with Gasteiger partial charge in [-0.1, -0.05) is 49.2 Å². The molecule has 7 heteroatoms. The molecule has 1 N–H and O–H groups in total. The molecule has 1 aromatic heterocycles. The van der Waals surface area contributed by atoms with Crippen molar-refractivity contribution in [2.45, 2.75) is 33.2 Å². The Morgan fingerprint density at radius 1 is 1.14 bits per heavy atom. The van der Waals surface area contributed by atoms with Gasteiger partial charge < -0.3 is 9.88 Å². The summed E-state index contributed by atoms with van der Waals surface area (Å²) in [5, 5.41) is 3.77. The van der Waals surface area contributed by atoms with Gasteiger partial charge in [-0.05, 0) is 42.7 Å². The van der Waals surface area contributed by atoms with Crippen molar-refractivity contribution in [3.63, 3.8) is 0 Å². The van der Waals surface area contributed by atoms with Gasteiger partial charge in [-0.15, -0.1) is 0 Å². The Morgan fingerprint density at radius 3 is 2.43 bits per heavy atom. The standard InChI is InChI=1S/C21H22Cl2FN3O/c1-12(2)11-25-21(28)13(3)27-19-10-17(23)16(22)9-18(19)26-20(27)8-14-4-6-15(24)7-5-14/h4-7,9-10,12-13H,8,11H2,1-3H3,(H,25,28)/t13-/m0/s1. The van der Waals surface area contributed by atoms with Crippen molar-refractivity contribution in [3.8, 4) is 0 Å². The molecule has 0 saturated heterocycles. The fourth-order valence-corrected chi connectivity index (χ4v) is 3.37. The number of aromatic nitrogens is 2. The molecule has 0 aliphatic carbocycles. The number of nitrogens with zero attached hydrogens (tertiary/aromatic N) is 2. The Labute approximate surface area is 173 Å². The molecule has 0 unspecified atom stereocenters. The molecular formula is C21H22Cl2FN3O. The first kappa shape index (κ1) is 20.6. The molecule has 0 bridgehead atoms. The van der Waals surface area contributed by atoms with Gasteiger partial charge in [0.2, 0.25) is 5.91 Å². The van der Waals surface area contributed by atoms with Crippen molar-refractivity contribution in [2.75, 3.05) is 6.54 Å². The highest BCUT2D eigenvalue weighted by Gasteiger charge is 2.22. The van der Waals surface area contributed by atoms with E-state index >= 15 is 0 Å². The molecule has 28 heavy (non-hydrogen) atoms. The number of carbonyl (C=O) groups excluding carboxylic acids is 1. The third-order valence-corrected chi connectivity index (χ3v) is 5.25. The third kappa shape index (κ3) is 4.47. The normalized spacial score (nSPS) is 12.5. The van der Waals surface area contributed by atoms with Crippen LogP contribution in [0.1, 0.15) is 38.2 Å². The third-order valence-electron chi connectivity index (χ3n) is 4.53. The minimum Gasteiger partial charge on any atom is -0.354 e. The number of halogens is 3. The summed E-state index contributed by atoms with van der Waals surface area (Å²) in [5.74, 6) is 0.645. The zero-order valence-corrected chi connectivity index (χ0v) is 17.5. The molecule has 0 aliphatic rings. The lowest BCUT2D eigenvalue weighted by atomic mass is 10.1. The summed E-state index contributed by atoms with van der Waals surface area (Å²) in [7, 11) is 0. The van der Waals surface area contributed by atoms with Crippen molar-refractivity contribution in [1.29, 1.82) is 0 Å². The Hall–Kier alpha value is -2.11.